The highest BCUT2D eigenvalue weighted by Gasteiger charge is 2.49. The molecule has 1 aliphatic carbocycles. The van der Waals surface area contributed by atoms with Gasteiger partial charge in [-0.15, -0.1) is 0 Å². The van der Waals surface area contributed by atoms with Crippen LogP contribution in [0, 0.1) is 11.8 Å². The molecule has 1 heterocycles. The summed E-state index contributed by atoms with van der Waals surface area (Å²) >= 11 is 5.85. The van der Waals surface area contributed by atoms with Gasteiger partial charge in [0.25, 0.3) is 0 Å². The van der Waals surface area contributed by atoms with Gasteiger partial charge in [0, 0.05) is 18.0 Å². The van der Waals surface area contributed by atoms with E-state index in [4.69, 9.17) is 11.6 Å². The zero-order valence-electron chi connectivity index (χ0n) is 12.4. The first-order valence-corrected chi connectivity index (χ1v) is 8.21. The number of benzene rings is 1. The van der Waals surface area contributed by atoms with Crippen molar-refractivity contribution in [1.29, 1.82) is 0 Å². The van der Waals surface area contributed by atoms with E-state index in [9.17, 15) is 14.7 Å². The van der Waals surface area contributed by atoms with Crippen molar-refractivity contribution in [3.8, 4) is 0 Å². The van der Waals surface area contributed by atoms with Crippen molar-refractivity contribution in [2.45, 2.75) is 38.1 Å². The van der Waals surface area contributed by atoms with Gasteiger partial charge in [-0.2, -0.15) is 0 Å². The number of carbonyl (C=O) groups is 2. The quantitative estimate of drug-likeness (QED) is 0.927. The Bertz CT molecular complexity index is 572. The summed E-state index contributed by atoms with van der Waals surface area (Å²) in [5, 5.41) is 10.2. The average molecular weight is 322 g/mol. The number of nitrogens with zero attached hydrogens (tertiary/aromatic N) is 1. The molecule has 4 nitrogen and oxygen atoms in total. The molecule has 2 aliphatic rings. The lowest BCUT2D eigenvalue weighted by molar-refractivity contribution is -0.149. The lowest BCUT2D eigenvalue weighted by Crippen LogP contribution is -2.43. The molecule has 1 amide bonds. The minimum atomic E-state index is -0.853. The van der Waals surface area contributed by atoms with Crippen molar-refractivity contribution >= 4 is 23.5 Å². The molecule has 1 aromatic rings. The third-order valence-electron chi connectivity index (χ3n) is 5.00. The van der Waals surface area contributed by atoms with E-state index in [0.29, 0.717) is 30.3 Å². The summed E-state index contributed by atoms with van der Waals surface area (Å²) in [6.45, 7) is 0.612. The first-order valence-electron chi connectivity index (χ1n) is 7.83. The van der Waals surface area contributed by atoms with Crippen LogP contribution in [0.2, 0.25) is 5.02 Å². The Morgan fingerprint density at radius 3 is 2.64 bits per heavy atom. The number of carbonyl (C=O) groups excluding carboxylic acids is 1. The minimum absolute atomic E-state index is 0.0447. The number of carboxylic acids is 1. The fourth-order valence-corrected chi connectivity index (χ4v) is 4.05. The van der Waals surface area contributed by atoms with E-state index in [1.807, 2.05) is 24.3 Å². The van der Waals surface area contributed by atoms with E-state index in [2.05, 4.69) is 0 Å². The fraction of sp³-hybridized carbons (Fsp3) is 0.529. The Morgan fingerprint density at radius 1 is 1.23 bits per heavy atom. The van der Waals surface area contributed by atoms with Crippen molar-refractivity contribution in [3.05, 3.63) is 34.9 Å². The van der Waals surface area contributed by atoms with Crippen LogP contribution < -0.4 is 0 Å². The van der Waals surface area contributed by atoms with Gasteiger partial charge in [0.05, 0.1) is 0 Å². The first-order chi connectivity index (χ1) is 10.6. The maximum absolute atomic E-state index is 12.5. The van der Waals surface area contributed by atoms with Gasteiger partial charge in [0.15, 0.2) is 0 Å². The molecule has 0 aromatic heterocycles. The molecule has 0 bridgehead atoms. The Balaban J connectivity index is 1.64. The highest BCUT2D eigenvalue weighted by atomic mass is 35.5. The lowest BCUT2D eigenvalue weighted by Gasteiger charge is -2.24. The molecule has 5 heteroatoms. The topological polar surface area (TPSA) is 57.6 Å². The third-order valence-corrected chi connectivity index (χ3v) is 5.26. The second-order valence-electron chi connectivity index (χ2n) is 6.31. The normalized spacial score (nSPS) is 27.0. The van der Waals surface area contributed by atoms with E-state index < -0.39 is 12.0 Å². The number of fused-ring (bicyclic) bond motifs is 1. The van der Waals surface area contributed by atoms with Crippen molar-refractivity contribution in [2.75, 3.05) is 6.54 Å². The highest BCUT2D eigenvalue weighted by molar-refractivity contribution is 6.30. The molecule has 1 saturated carbocycles. The second kappa shape index (κ2) is 6.29. The summed E-state index contributed by atoms with van der Waals surface area (Å²) in [7, 11) is 0. The van der Waals surface area contributed by atoms with Gasteiger partial charge in [0.1, 0.15) is 6.04 Å². The van der Waals surface area contributed by atoms with Crippen LogP contribution in [0.4, 0.5) is 0 Å². The Hall–Kier alpha value is -1.55. The van der Waals surface area contributed by atoms with Crippen LogP contribution in [0.5, 0.6) is 0 Å². The van der Waals surface area contributed by atoms with Gasteiger partial charge in [-0.25, -0.2) is 4.79 Å². The van der Waals surface area contributed by atoms with Crippen molar-refractivity contribution in [3.63, 3.8) is 0 Å². The maximum atomic E-state index is 12.5. The van der Waals surface area contributed by atoms with Gasteiger partial charge in [-0.3, -0.25) is 4.79 Å². The molecule has 1 saturated heterocycles. The summed E-state index contributed by atoms with van der Waals surface area (Å²) in [5.74, 6) is -0.372. The van der Waals surface area contributed by atoms with E-state index in [0.717, 1.165) is 24.8 Å². The largest absolute Gasteiger partial charge is 0.480 e. The van der Waals surface area contributed by atoms with Crippen LogP contribution in [0.15, 0.2) is 24.3 Å². The van der Waals surface area contributed by atoms with Crippen LogP contribution in [0.1, 0.15) is 31.2 Å². The molecule has 0 radical (unpaired) electrons. The molecule has 1 aliphatic heterocycles. The van der Waals surface area contributed by atoms with Gasteiger partial charge >= 0.3 is 5.97 Å². The number of likely N-dealkylation sites (tertiary alicyclic amines) is 1. The van der Waals surface area contributed by atoms with Crippen LogP contribution in [-0.2, 0) is 16.0 Å². The average Bonchev–Trinajstić information content (AvgIpc) is 3.06. The number of hydrogen-bond acceptors (Lipinski definition) is 2. The lowest BCUT2D eigenvalue weighted by atomic mass is 9.94. The van der Waals surface area contributed by atoms with Crippen molar-refractivity contribution in [1.82, 2.24) is 4.90 Å². The summed E-state index contributed by atoms with van der Waals surface area (Å²) in [4.78, 5) is 25.6. The predicted molar refractivity (Wildman–Crippen MR) is 83.7 cm³/mol. The zero-order chi connectivity index (χ0) is 15.7. The highest BCUT2D eigenvalue weighted by Crippen LogP contribution is 2.42. The van der Waals surface area contributed by atoms with Gasteiger partial charge in [-0.1, -0.05) is 30.2 Å². The van der Waals surface area contributed by atoms with Crippen LogP contribution in [0.25, 0.3) is 0 Å². The van der Waals surface area contributed by atoms with Crippen molar-refractivity contribution < 1.29 is 14.7 Å². The Kier molecular flexibility index (Phi) is 4.39. The number of rotatable bonds is 4. The Morgan fingerprint density at radius 2 is 1.95 bits per heavy atom. The van der Waals surface area contributed by atoms with E-state index in [1.54, 1.807) is 4.90 Å². The van der Waals surface area contributed by atoms with E-state index in [-0.39, 0.29) is 11.8 Å². The maximum Gasteiger partial charge on any atom is 0.326 e. The third kappa shape index (κ3) is 2.98. The van der Waals surface area contributed by atoms with Gasteiger partial charge in [0.2, 0.25) is 5.91 Å². The molecule has 1 N–H and O–H groups in total. The van der Waals surface area contributed by atoms with Gasteiger partial charge < -0.3 is 10.0 Å². The molecule has 0 spiro atoms. The van der Waals surface area contributed by atoms with Crippen LogP contribution >= 0.6 is 11.6 Å². The number of halogens is 1. The number of amides is 1. The molecule has 1 aromatic carbocycles. The van der Waals surface area contributed by atoms with Crippen LogP contribution in [-0.4, -0.2) is 34.5 Å². The van der Waals surface area contributed by atoms with E-state index >= 15 is 0 Å². The summed E-state index contributed by atoms with van der Waals surface area (Å²) < 4.78 is 0. The molecular weight excluding hydrogens is 302 g/mol. The fourth-order valence-electron chi connectivity index (χ4n) is 3.92. The standard InChI is InChI=1S/C17H20ClNO3/c18-13-7-4-11(5-8-13)6-9-15(20)19-10-12-2-1-3-14(12)16(19)17(21)22/h4-5,7-8,12,14,16H,1-3,6,9-10H2,(H,21,22). The van der Waals surface area contributed by atoms with E-state index in [1.165, 1.54) is 0 Å². The van der Waals surface area contributed by atoms with Gasteiger partial charge in [-0.05, 0) is 48.8 Å². The summed E-state index contributed by atoms with van der Waals surface area (Å²) in [5.41, 5.74) is 1.05. The number of hydrogen-bond donors (Lipinski definition) is 1. The Labute approximate surface area is 135 Å². The molecule has 3 atom stereocenters. The number of aliphatic carboxylic acids is 1. The summed E-state index contributed by atoms with van der Waals surface area (Å²) in [6.07, 6.45) is 4.04. The first kappa shape index (κ1) is 15.3. The zero-order valence-corrected chi connectivity index (χ0v) is 13.1. The molecule has 118 valence electrons. The molecular formula is C17H20ClNO3. The monoisotopic (exact) mass is 321 g/mol. The summed E-state index contributed by atoms with van der Waals surface area (Å²) in [6, 6.07) is 6.81. The predicted octanol–water partition coefficient (Wildman–Crippen LogP) is 2.98. The van der Waals surface area contributed by atoms with Crippen molar-refractivity contribution in [2.24, 2.45) is 11.8 Å². The molecule has 2 fully saturated rings. The molecule has 22 heavy (non-hydrogen) atoms. The minimum Gasteiger partial charge on any atom is -0.480 e. The number of aryl methyl sites for hydroxylation is 1. The SMILES string of the molecule is O=C(O)C1C2CCCC2CN1C(=O)CCc1ccc(Cl)cc1. The number of carboxylic acid groups (broad SMARTS) is 1. The smallest absolute Gasteiger partial charge is 0.326 e. The molecule has 3 rings (SSSR count). The van der Waals surface area contributed by atoms with Crippen LogP contribution in [0.3, 0.4) is 0 Å². The molecule has 3 unspecified atom stereocenters. The second-order valence-corrected chi connectivity index (χ2v) is 6.75.